The van der Waals surface area contributed by atoms with Crippen LogP contribution in [-0.2, 0) is 10.0 Å². The van der Waals surface area contributed by atoms with Gasteiger partial charge in [0.05, 0.1) is 19.8 Å². The largest absolute Gasteiger partial charge is 0.298 e. The fourth-order valence-corrected chi connectivity index (χ4v) is 5.51. The molecule has 0 radical (unpaired) electrons. The Labute approximate surface area is 176 Å². The minimum absolute atomic E-state index is 0.0735. The Hall–Kier alpha value is -1.78. The number of aromatic nitrogens is 1. The highest BCUT2D eigenvalue weighted by molar-refractivity contribution is 7.89. The lowest BCUT2D eigenvalue weighted by molar-refractivity contribution is 0.102. The molecule has 148 valence electrons. The summed E-state index contributed by atoms with van der Waals surface area (Å²) in [6, 6.07) is 9.44. The lowest BCUT2D eigenvalue weighted by Gasteiger charge is -2.21. The molecular weight excluding hydrogens is 438 g/mol. The first kappa shape index (κ1) is 20.9. The van der Waals surface area contributed by atoms with E-state index in [0.717, 1.165) is 10.6 Å². The molecule has 0 saturated carbocycles. The normalized spacial score (nSPS) is 11.9. The average molecular weight is 456 g/mol. The minimum atomic E-state index is -3.67. The number of hydrogen-bond donors (Lipinski definition) is 1. The number of sulfonamides is 1. The van der Waals surface area contributed by atoms with Gasteiger partial charge in [0, 0.05) is 24.0 Å². The maximum absolute atomic E-state index is 12.6. The Balaban J connectivity index is 1.80. The average Bonchev–Trinajstić information content (AvgIpc) is 3.29. The summed E-state index contributed by atoms with van der Waals surface area (Å²) in [6.07, 6.45) is 0. The van der Waals surface area contributed by atoms with Gasteiger partial charge in [-0.25, -0.2) is 13.4 Å². The standard InChI is InChI=1S/C18H18ClN3O3S3/c1-11(2)22(3)28(24,25)13-6-4-5-12(9-13)17(23)21-18-20-14(10-26-18)15-7-8-16(19)27-15/h4-11H,1-3H3,(H,20,21,23). The van der Waals surface area contributed by atoms with E-state index in [1.54, 1.807) is 32.0 Å². The van der Waals surface area contributed by atoms with Gasteiger partial charge in [0.25, 0.3) is 5.91 Å². The summed E-state index contributed by atoms with van der Waals surface area (Å²) in [7, 11) is -2.15. The van der Waals surface area contributed by atoms with Crippen molar-refractivity contribution in [1.82, 2.24) is 9.29 Å². The predicted molar refractivity (Wildman–Crippen MR) is 115 cm³/mol. The number of anilines is 1. The van der Waals surface area contributed by atoms with Crippen molar-refractivity contribution in [3.63, 3.8) is 0 Å². The summed E-state index contributed by atoms with van der Waals surface area (Å²) < 4.78 is 27.2. The van der Waals surface area contributed by atoms with Crippen molar-refractivity contribution in [3.05, 3.63) is 51.7 Å². The molecule has 0 fully saturated rings. The molecule has 2 heterocycles. The van der Waals surface area contributed by atoms with Crippen LogP contribution in [-0.4, -0.2) is 36.7 Å². The second-order valence-corrected chi connectivity index (χ2v) is 10.8. The Morgan fingerprint density at radius 2 is 2.00 bits per heavy atom. The predicted octanol–water partition coefficient (Wildman–Crippen LogP) is 4.81. The lowest BCUT2D eigenvalue weighted by Crippen LogP contribution is -2.33. The van der Waals surface area contributed by atoms with E-state index in [4.69, 9.17) is 11.6 Å². The Morgan fingerprint density at radius 1 is 1.25 bits per heavy atom. The molecule has 10 heteroatoms. The van der Waals surface area contributed by atoms with Crippen molar-refractivity contribution >= 4 is 55.3 Å². The number of hydrogen-bond acceptors (Lipinski definition) is 6. The highest BCUT2D eigenvalue weighted by Gasteiger charge is 2.24. The topological polar surface area (TPSA) is 79.4 Å². The molecule has 0 unspecified atom stereocenters. The molecule has 0 saturated heterocycles. The van der Waals surface area contributed by atoms with Crippen LogP contribution in [0.3, 0.4) is 0 Å². The number of thiazole rings is 1. The van der Waals surface area contributed by atoms with Crippen LogP contribution in [0.4, 0.5) is 5.13 Å². The SMILES string of the molecule is CC(C)N(C)S(=O)(=O)c1cccc(C(=O)Nc2nc(-c3ccc(Cl)s3)cs2)c1. The van der Waals surface area contributed by atoms with Crippen LogP contribution in [0.5, 0.6) is 0 Å². The summed E-state index contributed by atoms with van der Waals surface area (Å²) >= 11 is 8.64. The van der Waals surface area contributed by atoms with E-state index in [0.29, 0.717) is 9.47 Å². The summed E-state index contributed by atoms with van der Waals surface area (Å²) in [4.78, 5) is 18.0. The first-order chi connectivity index (χ1) is 13.2. The molecule has 6 nitrogen and oxygen atoms in total. The number of amides is 1. The molecular formula is C18H18ClN3O3S3. The maximum Gasteiger partial charge on any atom is 0.257 e. The Bertz CT molecular complexity index is 1110. The Morgan fingerprint density at radius 3 is 2.64 bits per heavy atom. The number of carbonyl (C=O) groups is 1. The molecule has 3 rings (SSSR count). The van der Waals surface area contributed by atoms with Crippen LogP contribution in [0.1, 0.15) is 24.2 Å². The smallest absolute Gasteiger partial charge is 0.257 e. The van der Waals surface area contributed by atoms with Crippen LogP contribution in [0.2, 0.25) is 4.34 Å². The molecule has 0 aliphatic heterocycles. The van der Waals surface area contributed by atoms with Crippen molar-refractivity contribution in [2.24, 2.45) is 0 Å². The van der Waals surface area contributed by atoms with E-state index in [2.05, 4.69) is 10.3 Å². The zero-order valence-corrected chi connectivity index (χ0v) is 18.5. The van der Waals surface area contributed by atoms with Crippen LogP contribution in [0.25, 0.3) is 10.6 Å². The van der Waals surface area contributed by atoms with Crippen LogP contribution < -0.4 is 5.32 Å². The van der Waals surface area contributed by atoms with Crippen molar-refractivity contribution in [2.45, 2.75) is 24.8 Å². The van der Waals surface area contributed by atoms with Gasteiger partial charge in [-0.15, -0.1) is 22.7 Å². The first-order valence-electron chi connectivity index (χ1n) is 8.29. The monoisotopic (exact) mass is 455 g/mol. The van der Waals surface area contributed by atoms with Gasteiger partial charge in [0.2, 0.25) is 10.0 Å². The molecule has 2 aromatic heterocycles. The molecule has 0 aliphatic rings. The van der Waals surface area contributed by atoms with Gasteiger partial charge in [0.1, 0.15) is 0 Å². The van der Waals surface area contributed by atoms with Crippen molar-refractivity contribution < 1.29 is 13.2 Å². The van der Waals surface area contributed by atoms with E-state index in [-0.39, 0.29) is 16.5 Å². The van der Waals surface area contributed by atoms with E-state index >= 15 is 0 Å². The van der Waals surface area contributed by atoms with E-state index in [9.17, 15) is 13.2 Å². The summed E-state index contributed by atoms with van der Waals surface area (Å²) in [5.41, 5.74) is 0.973. The quantitative estimate of drug-likeness (QED) is 0.578. The van der Waals surface area contributed by atoms with Crippen LogP contribution in [0, 0.1) is 0 Å². The zero-order valence-electron chi connectivity index (χ0n) is 15.3. The molecule has 3 aromatic rings. The zero-order chi connectivity index (χ0) is 20.5. The van der Waals surface area contributed by atoms with Gasteiger partial charge in [-0.05, 0) is 44.2 Å². The molecule has 28 heavy (non-hydrogen) atoms. The van der Waals surface area contributed by atoms with Crippen molar-refractivity contribution in [1.29, 1.82) is 0 Å². The van der Waals surface area contributed by atoms with Crippen molar-refractivity contribution in [3.8, 4) is 10.6 Å². The molecule has 0 bridgehead atoms. The number of halogens is 1. The molecule has 1 aromatic carbocycles. The van der Waals surface area contributed by atoms with Gasteiger partial charge < -0.3 is 0 Å². The number of benzene rings is 1. The number of thiophene rings is 1. The number of carbonyl (C=O) groups excluding carboxylic acids is 1. The van der Waals surface area contributed by atoms with E-state index < -0.39 is 15.9 Å². The van der Waals surface area contributed by atoms with E-state index in [1.807, 2.05) is 11.4 Å². The lowest BCUT2D eigenvalue weighted by atomic mass is 10.2. The third-order valence-electron chi connectivity index (χ3n) is 4.05. The third kappa shape index (κ3) is 4.44. The third-order valence-corrected chi connectivity index (χ3v) is 8.09. The number of nitrogens with one attached hydrogen (secondary N) is 1. The summed E-state index contributed by atoms with van der Waals surface area (Å²) in [5, 5.41) is 4.97. The van der Waals surface area contributed by atoms with Gasteiger partial charge in [0.15, 0.2) is 5.13 Å². The van der Waals surface area contributed by atoms with Gasteiger partial charge in [-0.1, -0.05) is 17.7 Å². The van der Waals surface area contributed by atoms with E-state index in [1.165, 1.54) is 46.2 Å². The second-order valence-electron chi connectivity index (χ2n) is 6.24. The van der Waals surface area contributed by atoms with Crippen LogP contribution >= 0.6 is 34.3 Å². The van der Waals surface area contributed by atoms with Gasteiger partial charge >= 0.3 is 0 Å². The van der Waals surface area contributed by atoms with Gasteiger partial charge in [-0.3, -0.25) is 10.1 Å². The number of rotatable bonds is 6. The van der Waals surface area contributed by atoms with Crippen LogP contribution in [0.15, 0.2) is 46.7 Å². The highest BCUT2D eigenvalue weighted by atomic mass is 35.5. The first-order valence-corrected chi connectivity index (χ1v) is 11.8. The molecule has 0 atom stereocenters. The fourth-order valence-electron chi connectivity index (χ4n) is 2.31. The highest BCUT2D eigenvalue weighted by Crippen LogP contribution is 2.33. The molecule has 1 N–H and O–H groups in total. The molecule has 1 amide bonds. The second kappa shape index (κ2) is 8.30. The summed E-state index contributed by atoms with van der Waals surface area (Å²) in [6.45, 7) is 3.57. The minimum Gasteiger partial charge on any atom is -0.298 e. The van der Waals surface area contributed by atoms with Crippen molar-refractivity contribution in [2.75, 3.05) is 12.4 Å². The Kier molecular flexibility index (Phi) is 6.21. The molecule has 0 aliphatic carbocycles. The fraction of sp³-hybridized carbons (Fsp3) is 0.222. The summed E-state index contributed by atoms with van der Waals surface area (Å²) in [5.74, 6) is -0.422. The molecule has 0 spiro atoms. The number of nitrogens with zero attached hydrogens (tertiary/aromatic N) is 2. The maximum atomic E-state index is 12.6. The van der Waals surface area contributed by atoms with Gasteiger partial charge in [-0.2, -0.15) is 4.31 Å².